The molecule has 1 heterocycles. The summed E-state index contributed by atoms with van der Waals surface area (Å²) in [6.07, 6.45) is 8.48. The SMILES string of the molecule is O=C(NCCCOC1CCCC1)c1cncc(=O)[nH]1. The molecular formula is C13H19N3O3. The van der Waals surface area contributed by atoms with E-state index in [1.807, 2.05) is 0 Å². The van der Waals surface area contributed by atoms with Gasteiger partial charge < -0.3 is 15.0 Å². The number of carbonyl (C=O) groups excluding carboxylic acids is 1. The van der Waals surface area contributed by atoms with Crippen molar-refractivity contribution in [1.29, 1.82) is 0 Å². The molecule has 2 rings (SSSR count). The van der Waals surface area contributed by atoms with E-state index in [4.69, 9.17) is 4.74 Å². The van der Waals surface area contributed by atoms with Crippen LogP contribution in [0.5, 0.6) is 0 Å². The molecule has 0 bridgehead atoms. The van der Waals surface area contributed by atoms with Gasteiger partial charge in [-0.2, -0.15) is 0 Å². The molecule has 6 heteroatoms. The summed E-state index contributed by atoms with van der Waals surface area (Å²) < 4.78 is 5.69. The van der Waals surface area contributed by atoms with E-state index in [0.29, 0.717) is 19.3 Å². The Morgan fingerprint density at radius 3 is 2.95 bits per heavy atom. The van der Waals surface area contributed by atoms with Crippen molar-refractivity contribution in [3.63, 3.8) is 0 Å². The topological polar surface area (TPSA) is 84.1 Å². The van der Waals surface area contributed by atoms with Gasteiger partial charge in [0.05, 0.1) is 18.5 Å². The van der Waals surface area contributed by atoms with Gasteiger partial charge in [0, 0.05) is 13.2 Å². The molecule has 6 nitrogen and oxygen atoms in total. The van der Waals surface area contributed by atoms with Crippen LogP contribution in [0.3, 0.4) is 0 Å². The van der Waals surface area contributed by atoms with Crippen LogP contribution in [0.1, 0.15) is 42.6 Å². The molecule has 1 saturated carbocycles. The van der Waals surface area contributed by atoms with Gasteiger partial charge in [0.15, 0.2) is 0 Å². The third-order valence-corrected chi connectivity index (χ3v) is 3.16. The van der Waals surface area contributed by atoms with Gasteiger partial charge in [0.25, 0.3) is 11.5 Å². The molecule has 0 atom stereocenters. The fourth-order valence-electron chi connectivity index (χ4n) is 2.17. The quantitative estimate of drug-likeness (QED) is 0.747. The van der Waals surface area contributed by atoms with Crippen LogP contribution in [-0.2, 0) is 4.74 Å². The average Bonchev–Trinajstić information content (AvgIpc) is 2.91. The maximum atomic E-state index is 11.7. The molecule has 0 aliphatic heterocycles. The van der Waals surface area contributed by atoms with Crippen molar-refractivity contribution in [3.8, 4) is 0 Å². The summed E-state index contributed by atoms with van der Waals surface area (Å²) in [4.78, 5) is 28.8. The van der Waals surface area contributed by atoms with Crippen LogP contribution in [0.25, 0.3) is 0 Å². The molecule has 0 radical (unpaired) electrons. The molecule has 0 spiro atoms. The first-order valence-electron chi connectivity index (χ1n) is 6.70. The van der Waals surface area contributed by atoms with Crippen molar-refractivity contribution < 1.29 is 9.53 Å². The van der Waals surface area contributed by atoms with E-state index < -0.39 is 0 Å². The molecule has 1 fully saturated rings. The zero-order chi connectivity index (χ0) is 13.5. The number of nitrogens with zero attached hydrogens (tertiary/aromatic N) is 1. The fourth-order valence-corrected chi connectivity index (χ4v) is 2.17. The lowest BCUT2D eigenvalue weighted by Gasteiger charge is -2.11. The Balaban J connectivity index is 1.62. The molecule has 104 valence electrons. The van der Waals surface area contributed by atoms with E-state index in [9.17, 15) is 9.59 Å². The monoisotopic (exact) mass is 265 g/mol. The number of nitrogens with one attached hydrogen (secondary N) is 2. The maximum Gasteiger partial charge on any atom is 0.269 e. The highest BCUT2D eigenvalue weighted by Crippen LogP contribution is 2.20. The van der Waals surface area contributed by atoms with Crippen molar-refractivity contribution in [2.45, 2.75) is 38.2 Å². The van der Waals surface area contributed by atoms with Gasteiger partial charge in [-0.1, -0.05) is 12.8 Å². The lowest BCUT2D eigenvalue weighted by atomic mass is 10.3. The molecule has 1 amide bonds. The Bertz CT molecular complexity index is 466. The second-order valence-electron chi connectivity index (χ2n) is 4.70. The molecule has 0 saturated heterocycles. The number of carbonyl (C=O) groups is 1. The molecular weight excluding hydrogens is 246 g/mol. The first-order chi connectivity index (χ1) is 9.25. The Labute approximate surface area is 111 Å². The Kier molecular flexibility index (Phi) is 5.09. The maximum absolute atomic E-state index is 11.7. The van der Waals surface area contributed by atoms with E-state index in [1.54, 1.807) is 0 Å². The fraction of sp³-hybridized carbons (Fsp3) is 0.615. The first kappa shape index (κ1) is 13.7. The van der Waals surface area contributed by atoms with E-state index >= 15 is 0 Å². The standard InChI is InChI=1S/C13H19N3O3/c17-12-9-14-8-11(16-12)13(18)15-6-3-7-19-10-4-1-2-5-10/h8-10H,1-7H2,(H,15,18)(H,16,17). The molecule has 1 aromatic rings. The zero-order valence-electron chi connectivity index (χ0n) is 10.9. The summed E-state index contributed by atoms with van der Waals surface area (Å²) in [6.45, 7) is 1.19. The molecule has 1 aliphatic rings. The number of amides is 1. The molecule has 1 aliphatic carbocycles. The second-order valence-corrected chi connectivity index (χ2v) is 4.70. The van der Waals surface area contributed by atoms with Crippen molar-refractivity contribution in [2.75, 3.05) is 13.2 Å². The Morgan fingerprint density at radius 1 is 1.42 bits per heavy atom. The van der Waals surface area contributed by atoms with Crippen molar-refractivity contribution in [3.05, 3.63) is 28.4 Å². The summed E-state index contributed by atoms with van der Waals surface area (Å²) in [5.41, 5.74) is -0.193. The summed E-state index contributed by atoms with van der Waals surface area (Å²) in [7, 11) is 0. The van der Waals surface area contributed by atoms with E-state index in [1.165, 1.54) is 19.0 Å². The van der Waals surface area contributed by atoms with Crippen LogP contribution in [0, 0.1) is 0 Å². The predicted octanol–water partition coefficient (Wildman–Crippen LogP) is 0.849. The van der Waals surface area contributed by atoms with Gasteiger partial charge in [-0.25, -0.2) is 0 Å². The molecule has 0 aromatic carbocycles. The summed E-state index contributed by atoms with van der Waals surface area (Å²) in [5, 5.41) is 2.72. The zero-order valence-corrected chi connectivity index (χ0v) is 10.9. The van der Waals surface area contributed by atoms with Crippen LogP contribution < -0.4 is 10.9 Å². The molecule has 0 unspecified atom stereocenters. The van der Waals surface area contributed by atoms with Gasteiger partial charge in [0.1, 0.15) is 5.69 Å². The van der Waals surface area contributed by atoms with Crippen LogP contribution in [0.2, 0.25) is 0 Å². The van der Waals surface area contributed by atoms with Crippen molar-refractivity contribution in [2.24, 2.45) is 0 Å². The van der Waals surface area contributed by atoms with E-state index in [0.717, 1.165) is 25.5 Å². The van der Waals surface area contributed by atoms with Crippen LogP contribution in [0.4, 0.5) is 0 Å². The molecule has 2 N–H and O–H groups in total. The van der Waals surface area contributed by atoms with E-state index in [2.05, 4.69) is 15.3 Å². The number of aromatic nitrogens is 2. The third kappa shape index (κ3) is 4.48. The van der Waals surface area contributed by atoms with Crippen LogP contribution in [-0.4, -0.2) is 35.1 Å². The summed E-state index contributed by atoms with van der Waals surface area (Å²) in [5.74, 6) is -0.314. The number of H-pyrrole nitrogens is 1. The number of hydrogen-bond acceptors (Lipinski definition) is 4. The first-order valence-corrected chi connectivity index (χ1v) is 6.70. The number of rotatable bonds is 6. The minimum atomic E-state index is -0.378. The minimum absolute atomic E-state index is 0.184. The number of aromatic amines is 1. The highest BCUT2D eigenvalue weighted by atomic mass is 16.5. The molecule has 1 aromatic heterocycles. The van der Waals surface area contributed by atoms with Gasteiger partial charge in [0.2, 0.25) is 0 Å². The van der Waals surface area contributed by atoms with E-state index in [-0.39, 0.29) is 17.2 Å². The largest absolute Gasteiger partial charge is 0.378 e. The Hall–Kier alpha value is -1.69. The third-order valence-electron chi connectivity index (χ3n) is 3.16. The number of hydrogen-bond donors (Lipinski definition) is 2. The highest BCUT2D eigenvalue weighted by molar-refractivity contribution is 5.91. The molecule has 19 heavy (non-hydrogen) atoms. The normalized spacial score (nSPS) is 15.6. The van der Waals surface area contributed by atoms with Crippen LogP contribution in [0.15, 0.2) is 17.2 Å². The second kappa shape index (κ2) is 7.04. The van der Waals surface area contributed by atoms with Gasteiger partial charge >= 0.3 is 0 Å². The van der Waals surface area contributed by atoms with Gasteiger partial charge in [-0.3, -0.25) is 14.6 Å². The minimum Gasteiger partial charge on any atom is -0.378 e. The summed E-state index contributed by atoms with van der Waals surface area (Å²) in [6, 6.07) is 0. The smallest absolute Gasteiger partial charge is 0.269 e. The lowest BCUT2D eigenvalue weighted by molar-refractivity contribution is 0.0565. The van der Waals surface area contributed by atoms with Crippen LogP contribution >= 0.6 is 0 Å². The Morgan fingerprint density at radius 2 is 2.21 bits per heavy atom. The summed E-state index contributed by atoms with van der Waals surface area (Å²) >= 11 is 0. The highest BCUT2D eigenvalue weighted by Gasteiger charge is 2.14. The van der Waals surface area contributed by atoms with Gasteiger partial charge in [-0.05, 0) is 19.3 Å². The number of ether oxygens (including phenoxy) is 1. The van der Waals surface area contributed by atoms with Crippen molar-refractivity contribution >= 4 is 5.91 Å². The van der Waals surface area contributed by atoms with Crippen molar-refractivity contribution in [1.82, 2.24) is 15.3 Å². The lowest BCUT2D eigenvalue weighted by Crippen LogP contribution is -2.28. The average molecular weight is 265 g/mol. The predicted molar refractivity (Wildman–Crippen MR) is 70.0 cm³/mol. The van der Waals surface area contributed by atoms with Gasteiger partial charge in [-0.15, -0.1) is 0 Å².